The number of carbonyl (C=O) groups is 1. The van der Waals surface area contributed by atoms with Gasteiger partial charge in [-0.2, -0.15) is 9.49 Å². The van der Waals surface area contributed by atoms with Gasteiger partial charge in [-0.25, -0.2) is 4.79 Å². The van der Waals surface area contributed by atoms with Crippen molar-refractivity contribution in [2.75, 3.05) is 7.11 Å². The third-order valence-electron chi connectivity index (χ3n) is 2.68. The van der Waals surface area contributed by atoms with E-state index in [0.717, 1.165) is 0 Å². The predicted octanol–water partition coefficient (Wildman–Crippen LogP) is 1.64. The Hall–Kier alpha value is -2.57. The number of hydrogen-bond acceptors (Lipinski definition) is 4. The Morgan fingerprint density at radius 1 is 1.47 bits per heavy atom. The molecule has 0 amide bonds. The molecular formula is C12H11FN2O4. The number of aromatic hydroxyl groups is 1. The fourth-order valence-corrected chi connectivity index (χ4v) is 1.73. The van der Waals surface area contributed by atoms with Gasteiger partial charge in [-0.15, -0.1) is 0 Å². The van der Waals surface area contributed by atoms with Crippen molar-refractivity contribution in [1.82, 2.24) is 9.78 Å². The SMILES string of the molecule is COc1ccc(-c2cc(C(=O)O)nn2C)c(O)c1F. The maximum absolute atomic E-state index is 13.7. The molecule has 1 aromatic heterocycles. The third kappa shape index (κ3) is 2.10. The summed E-state index contributed by atoms with van der Waals surface area (Å²) in [6, 6.07) is 4.03. The van der Waals surface area contributed by atoms with Crippen molar-refractivity contribution in [3.05, 3.63) is 29.7 Å². The van der Waals surface area contributed by atoms with Gasteiger partial charge < -0.3 is 14.9 Å². The fourth-order valence-electron chi connectivity index (χ4n) is 1.73. The molecule has 7 heteroatoms. The van der Waals surface area contributed by atoms with E-state index in [4.69, 9.17) is 9.84 Å². The minimum absolute atomic E-state index is 0.0955. The second kappa shape index (κ2) is 4.60. The molecule has 0 aliphatic heterocycles. The molecule has 0 saturated heterocycles. The first kappa shape index (κ1) is 12.9. The zero-order valence-corrected chi connectivity index (χ0v) is 10.2. The van der Waals surface area contributed by atoms with Gasteiger partial charge >= 0.3 is 5.97 Å². The van der Waals surface area contributed by atoms with Crippen molar-refractivity contribution >= 4 is 5.97 Å². The molecule has 0 unspecified atom stereocenters. The van der Waals surface area contributed by atoms with Gasteiger partial charge in [0, 0.05) is 12.6 Å². The van der Waals surface area contributed by atoms with Crippen molar-refractivity contribution in [3.63, 3.8) is 0 Å². The number of aryl methyl sites for hydroxylation is 1. The number of halogens is 1. The van der Waals surface area contributed by atoms with Crippen LogP contribution in [0.5, 0.6) is 11.5 Å². The summed E-state index contributed by atoms with van der Waals surface area (Å²) in [4.78, 5) is 10.8. The summed E-state index contributed by atoms with van der Waals surface area (Å²) in [5, 5.41) is 22.4. The Balaban J connectivity index is 2.59. The van der Waals surface area contributed by atoms with Gasteiger partial charge in [0.25, 0.3) is 0 Å². The molecule has 0 bridgehead atoms. The lowest BCUT2D eigenvalue weighted by Gasteiger charge is -2.08. The largest absolute Gasteiger partial charge is 0.504 e. The molecule has 2 aromatic rings. The van der Waals surface area contributed by atoms with E-state index in [-0.39, 0.29) is 22.7 Å². The van der Waals surface area contributed by atoms with E-state index >= 15 is 0 Å². The first-order valence-electron chi connectivity index (χ1n) is 5.29. The first-order chi connectivity index (χ1) is 8.95. The Kier molecular flexibility index (Phi) is 3.12. The number of aromatic carboxylic acids is 1. The predicted molar refractivity (Wildman–Crippen MR) is 63.8 cm³/mol. The Morgan fingerprint density at radius 3 is 2.68 bits per heavy atom. The minimum Gasteiger partial charge on any atom is -0.504 e. The molecule has 6 nitrogen and oxygen atoms in total. The molecule has 1 aromatic carbocycles. The average Bonchev–Trinajstić information content (AvgIpc) is 2.75. The second-order valence-corrected chi connectivity index (χ2v) is 3.82. The number of aromatic nitrogens is 2. The van der Waals surface area contributed by atoms with Crippen LogP contribution in [-0.4, -0.2) is 33.1 Å². The molecule has 0 spiro atoms. The van der Waals surface area contributed by atoms with Crippen LogP contribution >= 0.6 is 0 Å². The zero-order chi connectivity index (χ0) is 14.2. The standard InChI is InChI=1S/C12H11FN2O4/c1-15-8(5-7(14-15)12(17)18)6-3-4-9(19-2)10(13)11(6)16/h3-5,16H,1-2H3,(H,17,18). The van der Waals surface area contributed by atoms with E-state index in [1.165, 1.54) is 37.0 Å². The number of carboxylic acids is 1. The molecule has 0 aliphatic carbocycles. The van der Waals surface area contributed by atoms with Gasteiger partial charge in [0.05, 0.1) is 12.8 Å². The van der Waals surface area contributed by atoms with Crippen molar-refractivity contribution in [3.8, 4) is 22.8 Å². The Morgan fingerprint density at radius 2 is 2.16 bits per heavy atom. The lowest BCUT2D eigenvalue weighted by atomic mass is 10.1. The number of nitrogens with zero attached hydrogens (tertiary/aromatic N) is 2. The highest BCUT2D eigenvalue weighted by Crippen LogP contribution is 2.36. The van der Waals surface area contributed by atoms with Crippen molar-refractivity contribution in [1.29, 1.82) is 0 Å². The summed E-state index contributed by atoms with van der Waals surface area (Å²) in [7, 11) is 2.79. The summed E-state index contributed by atoms with van der Waals surface area (Å²) in [6.45, 7) is 0. The number of benzene rings is 1. The molecule has 0 saturated carbocycles. The average molecular weight is 266 g/mol. The van der Waals surface area contributed by atoms with Crippen LogP contribution in [0, 0.1) is 5.82 Å². The quantitative estimate of drug-likeness (QED) is 0.882. The lowest BCUT2D eigenvalue weighted by Crippen LogP contribution is -1.99. The van der Waals surface area contributed by atoms with E-state index in [0.29, 0.717) is 0 Å². The highest BCUT2D eigenvalue weighted by atomic mass is 19.1. The normalized spacial score (nSPS) is 10.5. The van der Waals surface area contributed by atoms with Crippen LogP contribution in [0.4, 0.5) is 4.39 Å². The number of phenolic OH excluding ortho intramolecular Hbond substituents is 1. The molecule has 2 N–H and O–H groups in total. The zero-order valence-electron chi connectivity index (χ0n) is 10.2. The topological polar surface area (TPSA) is 84.6 Å². The molecule has 0 fully saturated rings. The molecule has 0 radical (unpaired) electrons. The second-order valence-electron chi connectivity index (χ2n) is 3.82. The molecule has 2 rings (SSSR count). The maximum Gasteiger partial charge on any atom is 0.356 e. The molecule has 1 heterocycles. The van der Waals surface area contributed by atoms with Crippen LogP contribution in [-0.2, 0) is 7.05 Å². The van der Waals surface area contributed by atoms with Crippen LogP contribution in [0.3, 0.4) is 0 Å². The smallest absolute Gasteiger partial charge is 0.356 e. The molecule has 19 heavy (non-hydrogen) atoms. The summed E-state index contributed by atoms with van der Waals surface area (Å²) in [5.74, 6) is -2.81. The van der Waals surface area contributed by atoms with E-state index in [9.17, 15) is 14.3 Å². The fraction of sp³-hybridized carbons (Fsp3) is 0.167. The number of rotatable bonds is 3. The van der Waals surface area contributed by atoms with Gasteiger partial charge in [-0.3, -0.25) is 4.68 Å². The number of ether oxygens (including phenoxy) is 1. The lowest BCUT2D eigenvalue weighted by molar-refractivity contribution is 0.0689. The molecule has 0 atom stereocenters. The number of phenols is 1. The molecule has 100 valence electrons. The van der Waals surface area contributed by atoms with Crippen LogP contribution in [0.15, 0.2) is 18.2 Å². The Labute approximate surface area is 107 Å². The molecular weight excluding hydrogens is 255 g/mol. The van der Waals surface area contributed by atoms with Gasteiger partial charge in [0.15, 0.2) is 17.2 Å². The highest BCUT2D eigenvalue weighted by molar-refractivity contribution is 5.87. The van der Waals surface area contributed by atoms with Gasteiger partial charge in [0.2, 0.25) is 5.82 Å². The van der Waals surface area contributed by atoms with Gasteiger partial charge in [0.1, 0.15) is 0 Å². The minimum atomic E-state index is -1.20. The van der Waals surface area contributed by atoms with E-state index in [2.05, 4.69) is 5.10 Å². The van der Waals surface area contributed by atoms with Crippen LogP contribution in [0.25, 0.3) is 11.3 Å². The summed E-state index contributed by atoms with van der Waals surface area (Å²) in [5.41, 5.74) is 0.241. The summed E-state index contributed by atoms with van der Waals surface area (Å²) < 4.78 is 19.7. The summed E-state index contributed by atoms with van der Waals surface area (Å²) in [6.07, 6.45) is 0. The number of carboxylic acid groups (broad SMARTS) is 1. The van der Waals surface area contributed by atoms with Crippen LogP contribution in [0.1, 0.15) is 10.5 Å². The maximum atomic E-state index is 13.7. The van der Waals surface area contributed by atoms with Gasteiger partial charge in [-0.1, -0.05) is 0 Å². The monoisotopic (exact) mass is 266 g/mol. The van der Waals surface area contributed by atoms with Crippen LogP contribution in [0.2, 0.25) is 0 Å². The van der Waals surface area contributed by atoms with Crippen molar-refractivity contribution in [2.24, 2.45) is 7.05 Å². The number of methoxy groups -OCH3 is 1. The van der Waals surface area contributed by atoms with E-state index < -0.39 is 17.5 Å². The van der Waals surface area contributed by atoms with Crippen molar-refractivity contribution in [2.45, 2.75) is 0 Å². The first-order valence-corrected chi connectivity index (χ1v) is 5.29. The van der Waals surface area contributed by atoms with Crippen LogP contribution < -0.4 is 4.74 Å². The van der Waals surface area contributed by atoms with Gasteiger partial charge in [-0.05, 0) is 18.2 Å². The van der Waals surface area contributed by atoms with E-state index in [1.807, 2.05) is 0 Å². The Bertz CT molecular complexity index is 651. The van der Waals surface area contributed by atoms with E-state index in [1.54, 1.807) is 0 Å². The highest BCUT2D eigenvalue weighted by Gasteiger charge is 2.19. The molecule has 0 aliphatic rings. The number of hydrogen-bond donors (Lipinski definition) is 2. The van der Waals surface area contributed by atoms with Crippen molar-refractivity contribution < 1.29 is 24.1 Å². The summed E-state index contributed by atoms with van der Waals surface area (Å²) >= 11 is 0. The third-order valence-corrected chi connectivity index (χ3v) is 2.68.